The molecule has 0 radical (unpaired) electrons. The lowest BCUT2D eigenvalue weighted by molar-refractivity contribution is -0.122. The largest absolute Gasteiger partial charge is 0.497 e. The Morgan fingerprint density at radius 3 is 2.30 bits per heavy atom. The number of hydrogen-bond acceptors (Lipinski definition) is 6. The number of rotatable bonds is 7. The van der Waals surface area contributed by atoms with Gasteiger partial charge in [-0.2, -0.15) is 0 Å². The number of ketones is 1. The number of fused-ring (bicyclic) bond motifs is 1. The summed E-state index contributed by atoms with van der Waals surface area (Å²) in [5, 5.41) is 0. The van der Waals surface area contributed by atoms with E-state index in [1.165, 1.54) is 29.7 Å². The third-order valence-corrected chi connectivity index (χ3v) is 7.28. The van der Waals surface area contributed by atoms with Crippen molar-refractivity contribution in [2.75, 3.05) is 18.6 Å². The molecule has 3 atom stereocenters. The topological polar surface area (TPSA) is 90.0 Å². The molecule has 188 valence electrons. The first-order valence-corrected chi connectivity index (χ1v) is 12.3. The maximum absolute atomic E-state index is 13.3. The molecular formula is C30H27NO6. The number of benzene rings is 3. The average Bonchev–Trinajstić information content (AvgIpc) is 3.20. The fourth-order valence-electron chi connectivity index (χ4n) is 5.30. The summed E-state index contributed by atoms with van der Waals surface area (Å²) in [5.41, 5.74) is 2.24. The predicted molar refractivity (Wildman–Crippen MR) is 137 cm³/mol. The summed E-state index contributed by atoms with van der Waals surface area (Å²) < 4.78 is 10.3. The van der Waals surface area contributed by atoms with Crippen LogP contribution in [-0.4, -0.2) is 37.3 Å². The Kier molecular flexibility index (Phi) is 6.86. The van der Waals surface area contributed by atoms with Gasteiger partial charge in [0.2, 0.25) is 11.8 Å². The maximum atomic E-state index is 13.3. The van der Waals surface area contributed by atoms with Crippen molar-refractivity contribution < 1.29 is 28.7 Å². The van der Waals surface area contributed by atoms with Crippen LogP contribution in [0.4, 0.5) is 5.69 Å². The molecular weight excluding hydrogens is 470 g/mol. The quantitative estimate of drug-likeness (QED) is 0.264. The van der Waals surface area contributed by atoms with Gasteiger partial charge in [-0.05, 0) is 67.1 Å². The van der Waals surface area contributed by atoms with Gasteiger partial charge in [0.15, 0.2) is 12.4 Å². The fraction of sp³-hybridized carbons (Fsp3) is 0.267. The van der Waals surface area contributed by atoms with Gasteiger partial charge in [0.05, 0.1) is 30.2 Å². The molecule has 1 aliphatic heterocycles. The molecule has 0 N–H and O–H groups in total. The number of ether oxygens (including phenoxy) is 2. The standard InChI is InChI=1S/C30H27NO6/c1-36-24-9-5-8-22(16-24)27(32)18-37-30(35)20-10-13-23(14-11-20)31-28(33)25-15-12-21(17-26(25)29(31)34)19-6-3-2-4-7-19/h2-11,13-14,16,21,25-26H,12,15,17-18H2,1H3/t21-,25+,26+/m0/s1. The first-order chi connectivity index (χ1) is 18.0. The lowest BCUT2D eigenvalue weighted by Gasteiger charge is -2.28. The van der Waals surface area contributed by atoms with Crippen LogP contribution in [0.3, 0.4) is 0 Å². The van der Waals surface area contributed by atoms with Gasteiger partial charge < -0.3 is 9.47 Å². The summed E-state index contributed by atoms with van der Waals surface area (Å²) in [4.78, 5) is 52.5. The number of hydrogen-bond donors (Lipinski definition) is 0. The SMILES string of the molecule is COc1cccc(C(=O)COC(=O)c2ccc(N3C(=O)[C@@H]4CC[C@H](c5ccccc5)C[C@H]4C3=O)cc2)c1. The Morgan fingerprint density at radius 2 is 1.57 bits per heavy atom. The van der Waals surface area contributed by atoms with Gasteiger partial charge in [-0.1, -0.05) is 42.5 Å². The van der Waals surface area contributed by atoms with Gasteiger partial charge in [-0.3, -0.25) is 19.3 Å². The Labute approximate surface area is 215 Å². The smallest absolute Gasteiger partial charge is 0.338 e. The minimum Gasteiger partial charge on any atom is -0.497 e. The second-order valence-electron chi connectivity index (χ2n) is 9.42. The van der Waals surface area contributed by atoms with Crippen LogP contribution in [-0.2, 0) is 14.3 Å². The van der Waals surface area contributed by atoms with E-state index in [4.69, 9.17) is 9.47 Å². The van der Waals surface area contributed by atoms with Crippen LogP contribution < -0.4 is 9.64 Å². The zero-order chi connectivity index (χ0) is 25.9. The van der Waals surface area contributed by atoms with Crippen LogP contribution in [0.15, 0.2) is 78.9 Å². The summed E-state index contributed by atoms with van der Waals surface area (Å²) >= 11 is 0. The molecule has 0 spiro atoms. The molecule has 3 aromatic carbocycles. The first-order valence-electron chi connectivity index (χ1n) is 12.3. The van der Waals surface area contributed by atoms with Gasteiger partial charge in [-0.25, -0.2) is 4.79 Å². The highest BCUT2D eigenvalue weighted by Crippen LogP contribution is 2.45. The highest BCUT2D eigenvalue weighted by Gasteiger charge is 2.50. The van der Waals surface area contributed by atoms with E-state index in [0.717, 1.165) is 6.42 Å². The Morgan fingerprint density at radius 1 is 0.838 bits per heavy atom. The van der Waals surface area contributed by atoms with E-state index in [1.54, 1.807) is 36.4 Å². The average molecular weight is 498 g/mol. The van der Waals surface area contributed by atoms with Crippen LogP contribution in [0.1, 0.15) is 51.5 Å². The van der Waals surface area contributed by atoms with Gasteiger partial charge in [-0.15, -0.1) is 0 Å². The molecule has 2 fully saturated rings. The molecule has 0 aromatic heterocycles. The van der Waals surface area contributed by atoms with Gasteiger partial charge >= 0.3 is 5.97 Å². The van der Waals surface area contributed by atoms with Crippen molar-refractivity contribution in [3.63, 3.8) is 0 Å². The lowest BCUT2D eigenvalue weighted by atomic mass is 9.73. The molecule has 1 saturated carbocycles. The molecule has 7 nitrogen and oxygen atoms in total. The van der Waals surface area contributed by atoms with Crippen molar-refractivity contribution in [2.45, 2.75) is 25.2 Å². The van der Waals surface area contributed by atoms with Crippen molar-refractivity contribution in [3.05, 3.63) is 95.6 Å². The van der Waals surface area contributed by atoms with Crippen molar-refractivity contribution in [1.29, 1.82) is 0 Å². The van der Waals surface area contributed by atoms with E-state index in [-0.39, 0.29) is 40.9 Å². The number of amides is 2. The van der Waals surface area contributed by atoms with Crippen molar-refractivity contribution >= 4 is 29.3 Å². The summed E-state index contributed by atoms with van der Waals surface area (Å²) in [5.74, 6) is -1.23. The molecule has 7 heteroatoms. The van der Waals surface area contributed by atoms with Crippen molar-refractivity contribution in [1.82, 2.24) is 0 Å². The monoisotopic (exact) mass is 497 g/mol. The minimum absolute atomic E-state index is 0.180. The zero-order valence-electron chi connectivity index (χ0n) is 20.5. The first kappa shape index (κ1) is 24.4. The van der Waals surface area contributed by atoms with Gasteiger partial charge in [0.25, 0.3) is 0 Å². The van der Waals surface area contributed by atoms with Crippen molar-refractivity contribution in [3.8, 4) is 5.75 Å². The normalized spacial score (nSPS) is 20.9. The maximum Gasteiger partial charge on any atom is 0.338 e. The van der Waals surface area contributed by atoms with E-state index in [1.807, 2.05) is 18.2 Å². The lowest BCUT2D eigenvalue weighted by Crippen LogP contribution is -2.30. The molecule has 1 heterocycles. The number of anilines is 1. The highest BCUT2D eigenvalue weighted by atomic mass is 16.5. The van der Waals surface area contributed by atoms with E-state index >= 15 is 0 Å². The van der Waals surface area contributed by atoms with Crippen LogP contribution in [0.5, 0.6) is 5.75 Å². The summed E-state index contributed by atoms with van der Waals surface area (Å²) in [6.07, 6.45) is 2.20. The summed E-state index contributed by atoms with van der Waals surface area (Å²) in [6.45, 7) is -0.414. The summed E-state index contributed by atoms with van der Waals surface area (Å²) in [6, 6.07) is 22.9. The molecule has 0 unspecified atom stereocenters. The number of methoxy groups -OCH3 is 1. The molecule has 2 aliphatic rings. The molecule has 37 heavy (non-hydrogen) atoms. The van der Waals surface area contributed by atoms with Crippen molar-refractivity contribution in [2.24, 2.45) is 11.8 Å². The zero-order valence-corrected chi connectivity index (χ0v) is 20.5. The molecule has 2 amide bonds. The Bertz CT molecular complexity index is 1330. The third kappa shape index (κ3) is 4.89. The highest BCUT2D eigenvalue weighted by molar-refractivity contribution is 6.22. The van der Waals surface area contributed by atoms with Gasteiger partial charge in [0, 0.05) is 5.56 Å². The van der Waals surface area contributed by atoms with Crippen LogP contribution >= 0.6 is 0 Å². The van der Waals surface area contributed by atoms with Gasteiger partial charge in [0.1, 0.15) is 5.75 Å². The van der Waals surface area contributed by atoms with E-state index < -0.39 is 12.6 Å². The van der Waals surface area contributed by atoms with E-state index in [0.29, 0.717) is 29.8 Å². The number of esters is 1. The number of nitrogens with zero attached hydrogens (tertiary/aromatic N) is 1. The minimum atomic E-state index is -0.666. The van der Waals surface area contributed by atoms with E-state index in [2.05, 4.69) is 12.1 Å². The fourth-order valence-corrected chi connectivity index (χ4v) is 5.30. The number of carbonyl (C=O) groups excluding carboxylic acids is 4. The molecule has 0 bridgehead atoms. The molecule has 3 aromatic rings. The van der Waals surface area contributed by atoms with Crippen LogP contribution in [0, 0.1) is 11.8 Å². The Hall–Kier alpha value is -4.26. The number of imide groups is 1. The van der Waals surface area contributed by atoms with E-state index in [9.17, 15) is 19.2 Å². The summed E-state index contributed by atoms with van der Waals surface area (Å²) in [7, 11) is 1.51. The number of carbonyl (C=O) groups is 4. The third-order valence-electron chi connectivity index (χ3n) is 7.28. The second kappa shape index (κ2) is 10.4. The molecule has 5 rings (SSSR count). The molecule has 1 saturated heterocycles. The van der Waals surface area contributed by atoms with Crippen LogP contribution in [0.25, 0.3) is 0 Å². The Balaban J connectivity index is 1.23. The number of Topliss-reactive ketones (excluding diaryl/α,β-unsaturated/α-hetero) is 1. The predicted octanol–water partition coefficient (Wildman–Crippen LogP) is 4.81. The van der Waals surface area contributed by atoms with Crippen LogP contribution in [0.2, 0.25) is 0 Å². The molecule has 1 aliphatic carbocycles. The second-order valence-corrected chi connectivity index (χ2v) is 9.42.